The molecule has 1 amide bonds. The van der Waals surface area contributed by atoms with Gasteiger partial charge in [-0.1, -0.05) is 24.3 Å². The number of anilines is 1. The van der Waals surface area contributed by atoms with Crippen LogP contribution in [0.15, 0.2) is 24.3 Å². The van der Waals surface area contributed by atoms with Crippen LogP contribution in [0.2, 0.25) is 0 Å². The molecule has 0 unspecified atom stereocenters. The number of nitrogens with zero attached hydrogens (tertiary/aromatic N) is 1. The molecule has 1 N–H and O–H groups in total. The highest BCUT2D eigenvalue weighted by Crippen LogP contribution is 2.33. The smallest absolute Gasteiger partial charge is 0.341 e. The lowest BCUT2D eigenvalue weighted by Gasteiger charge is -2.34. The number of methoxy groups -OCH3 is 2. The van der Waals surface area contributed by atoms with Crippen molar-refractivity contribution < 1.29 is 23.9 Å². The molecule has 1 atom stereocenters. The Balaban J connectivity index is 1.80. The average molecular weight is 416 g/mol. The normalized spacial score (nSPS) is 16.1. The summed E-state index contributed by atoms with van der Waals surface area (Å²) in [4.78, 5) is 39.9. The van der Waals surface area contributed by atoms with Crippen molar-refractivity contribution in [2.75, 3.05) is 26.1 Å². The van der Waals surface area contributed by atoms with Crippen molar-refractivity contribution >= 4 is 34.2 Å². The number of thiophene rings is 1. The molecule has 0 radical (unpaired) electrons. The zero-order valence-electron chi connectivity index (χ0n) is 16.9. The van der Waals surface area contributed by atoms with Gasteiger partial charge in [-0.3, -0.25) is 14.5 Å². The summed E-state index contributed by atoms with van der Waals surface area (Å²) in [6.45, 7) is 4.18. The molecule has 1 aromatic heterocycles. The first-order valence-electron chi connectivity index (χ1n) is 9.22. The lowest BCUT2D eigenvalue weighted by atomic mass is 9.94. The van der Waals surface area contributed by atoms with Crippen molar-refractivity contribution in [3.8, 4) is 0 Å². The summed E-state index contributed by atoms with van der Waals surface area (Å²) in [6.07, 6.45) is 0.487. The molecule has 0 bridgehead atoms. The van der Waals surface area contributed by atoms with Crippen LogP contribution in [0, 0.1) is 13.8 Å². The summed E-state index contributed by atoms with van der Waals surface area (Å²) in [5.41, 5.74) is 3.32. The molecule has 1 aliphatic rings. The molecule has 1 aliphatic heterocycles. The second-order valence-electron chi connectivity index (χ2n) is 6.94. The highest BCUT2D eigenvalue weighted by molar-refractivity contribution is 7.16. The number of ether oxygens (including phenoxy) is 2. The largest absolute Gasteiger partial charge is 0.468 e. The highest BCUT2D eigenvalue weighted by atomic mass is 32.1. The van der Waals surface area contributed by atoms with E-state index < -0.39 is 12.0 Å². The Morgan fingerprint density at radius 3 is 2.48 bits per heavy atom. The molecule has 0 spiro atoms. The number of carbonyl (C=O) groups is 3. The number of nitrogens with one attached hydrogen (secondary N) is 1. The first kappa shape index (κ1) is 21.0. The van der Waals surface area contributed by atoms with Gasteiger partial charge in [-0.25, -0.2) is 4.79 Å². The Labute approximate surface area is 173 Å². The molecule has 1 aromatic carbocycles. The minimum Gasteiger partial charge on any atom is -0.468 e. The van der Waals surface area contributed by atoms with Gasteiger partial charge in [-0.05, 0) is 37.0 Å². The first-order valence-corrected chi connectivity index (χ1v) is 10.0. The van der Waals surface area contributed by atoms with E-state index in [0.717, 1.165) is 21.6 Å². The molecule has 0 fully saturated rings. The number of aryl methyl sites for hydroxylation is 1. The SMILES string of the molecule is COC(=O)c1c(NC(=O)CN2Cc3ccccc3C[C@@H]2C(=O)OC)sc(C)c1C. The molecule has 0 aliphatic carbocycles. The number of hydrogen-bond donors (Lipinski definition) is 1. The summed E-state index contributed by atoms with van der Waals surface area (Å²) >= 11 is 1.33. The average Bonchev–Trinajstić information content (AvgIpc) is 2.99. The van der Waals surface area contributed by atoms with E-state index >= 15 is 0 Å². The van der Waals surface area contributed by atoms with E-state index in [1.807, 2.05) is 38.1 Å². The zero-order chi connectivity index (χ0) is 21.1. The molecule has 154 valence electrons. The van der Waals surface area contributed by atoms with Crippen LogP contribution in [0.25, 0.3) is 0 Å². The van der Waals surface area contributed by atoms with E-state index in [1.54, 1.807) is 4.90 Å². The standard InChI is InChI=1S/C21H24N2O5S/c1-12-13(2)29-19(18(12)21(26)28-4)22-17(24)11-23-10-15-8-6-5-7-14(15)9-16(23)20(25)27-3/h5-8,16H,9-11H2,1-4H3,(H,22,24)/t16-/m1/s1. The van der Waals surface area contributed by atoms with Gasteiger partial charge in [0.05, 0.1) is 26.3 Å². The summed E-state index contributed by atoms with van der Waals surface area (Å²) < 4.78 is 9.80. The predicted molar refractivity (Wildman–Crippen MR) is 110 cm³/mol. The van der Waals surface area contributed by atoms with Crippen LogP contribution >= 0.6 is 11.3 Å². The van der Waals surface area contributed by atoms with E-state index in [1.165, 1.54) is 25.6 Å². The second-order valence-corrected chi connectivity index (χ2v) is 8.17. The minimum atomic E-state index is -0.535. The number of carbonyl (C=O) groups excluding carboxylic acids is 3. The molecular weight excluding hydrogens is 392 g/mol. The second kappa shape index (κ2) is 8.75. The predicted octanol–water partition coefficient (Wildman–Crippen LogP) is 2.69. The van der Waals surface area contributed by atoms with Gasteiger partial charge in [0.2, 0.25) is 5.91 Å². The number of esters is 2. The summed E-state index contributed by atoms with van der Waals surface area (Å²) in [5.74, 6) is -1.16. The summed E-state index contributed by atoms with van der Waals surface area (Å²) in [6, 6.07) is 7.32. The van der Waals surface area contributed by atoms with E-state index in [9.17, 15) is 14.4 Å². The van der Waals surface area contributed by atoms with Crippen LogP contribution in [-0.2, 0) is 32.0 Å². The maximum atomic E-state index is 12.8. The van der Waals surface area contributed by atoms with Crippen LogP contribution in [0.1, 0.15) is 31.9 Å². The molecule has 0 saturated carbocycles. The number of rotatable bonds is 5. The third-order valence-electron chi connectivity index (χ3n) is 5.19. The number of benzene rings is 1. The zero-order valence-corrected chi connectivity index (χ0v) is 17.7. The number of hydrogen-bond acceptors (Lipinski definition) is 7. The van der Waals surface area contributed by atoms with Gasteiger partial charge in [0.1, 0.15) is 11.0 Å². The van der Waals surface area contributed by atoms with Gasteiger partial charge in [-0.2, -0.15) is 0 Å². The molecule has 2 heterocycles. The third kappa shape index (κ3) is 4.33. The quantitative estimate of drug-likeness (QED) is 0.755. The molecule has 7 nitrogen and oxygen atoms in total. The maximum Gasteiger partial charge on any atom is 0.341 e. The lowest BCUT2D eigenvalue weighted by molar-refractivity contribution is -0.148. The van der Waals surface area contributed by atoms with Crippen LogP contribution < -0.4 is 5.32 Å². The Morgan fingerprint density at radius 1 is 1.14 bits per heavy atom. The van der Waals surface area contributed by atoms with Crippen molar-refractivity contribution in [3.05, 3.63) is 51.4 Å². The number of fused-ring (bicyclic) bond motifs is 1. The topological polar surface area (TPSA) is 84.9 Å². The van der Waals surface area contributed by atoms with Gasteiger partial charge in [-0.15, -0.1) is 11.3 Å². The Kier molecular flexibility index (Phi) is 6.34. The van der Waals surface area contributed by atoms with Gasteiger partial charge in [0.15, 0.2) is 0 Å². The molecule has 3 rings (SSSR count). The Bertz CT molecular complexity index is 953. The van der Waals surface area contributed by atoms with E-state index in [0.29, 0.717) is 23.5 Å². The highest BCUT2D eigenvalue weighted by Gasteiger charge is 2.33. The molecule has 29 heavy (non-hydrogen) atoms. The van der Waals surface area contributed by atoms with Crippen molar-refractivity contribution in [1.29, 1.82) is 0 Å². The van der Waals surface area contributed by atoms with E-state index in [-0.39, 0.29) is 18.4 Å². The maximum absolute atomic E-state index is 12.8. The van der Waals surface area contributed by atoms with E-state index in [4.69, 9.17) is 9.47 Å². The van der Waals surface area contributed by atoms with E-state index in [2.05, 4.69) is 5.32 Å². The number of amides is 1. The molecule has 2 aromatic rings. The van der Waals surface area contributed by atoms with Gasteiger partial charge < -0.3 is 14.8 Å². The van der Waals surface area contributed by atoms with Crippen LogP contribution in [0.3, 0.4) is 0 Å². The molecule has 0 saturated heterocycles. The fourth-order valence-electron chi connectivity index (χ4n) is 3.53. The fraction of sp³-hybridized carbons (Fsp3) is 0.381. The Hall–Kier alpha value is -2.71. The summed E-state index contributed by atoms with van der Waals surface area (Å²) in [7, 11) is 2.66. The minimum absolute atomic E-state index is 0.00467. The third-order valence-corrected chi connectivity index (χ3v) is 6.32. The molecule has 8 heteroatoms. The van der Waals surface area contributed by atoms with Crippen molar-refractivity contribution in [1.82, 2.24) is 4.90 Å². The van der Waals surface area contributed by atoms with Crippen LogP contribution in [-0.4, -0.2) is 49.6 Å². The van der Waals surface area contributed by atoms with Crippen molar-refractivity contribution in [2.24, 2.45) is 0 Å². The lowest BCUT2D eigenvalue weighted by Crippen LogP contribution is -2.49. The monoisotopic (exact) mass is 416 g/mol. The fourth-order valence-corrected chi connectivity index (χ4v) is 4.59. The van der Waals surface area contributed by atoms with Gasteiger partial charge >= 0.3 is 11.9 Å². The summed E-state index contributed by atoms with van der Waals surface area (Å²) in [5, 5.41) is 3.28. The van der Waals surface area contributed by atoms with Gasteiger partial charge in [0.25, 0.3) is 0 Å². The van der Waals surface area contributed by atoms with Crippen molar-refractivity contribution in [3.63, 3.8) is 0 Å². The van der Waals surface area contributed by atoms with Gasteiger partial charge in [0, 0.05) is 11.4 Å². The van der Waals surface area contributed by atoms with Crippen LogP contribution in [0.5, 0.6) is 0 Å². The van der Waals surface area contributed by atoms with Crippen molar-refractivity contribution in [2.45, 2.75) is 32.9 Å². The Morgan fingerprint density at radius 2 is 1.83 bits per heavy atom. The molecular formula is C21H24N2O5S. The first-order chi connectivity index (χ1) is 13.8. The van der Waals surface area contributed by atoms with Crippen LogP contribution in [0.4, 0.5) is 5.00 Å².